The first kappa shape index (κ1) is 12.2. The first-order valence-electron chi connectivity index (χ1n) is 6.21. The molecule has 0 radical (unpaired) electrons. The van der Waals surface area contributed by atoms with E-state index in [2.05, 4.69) is 24.8 Å². The molecule has 3 rings (SSSR count). The van der Waals surface area contributed by atoms with Crippen LogP contribution in [-0.2, 0) is 0 Å². The first-order valence-corrected chi connectivity index (χ1v) is 6.59. The maximum Gasteiger partial charge on any atom is 0.147 e. The number of halogens is 1. The van der Waals surface area contributed by atoms with Crippen molar-refractivity contribution in [2.45, 2.75) is 0 Å². The summed E-state index contributed by atoms with van der Waals surface area (Å²) < 4.78 is 0. The Bertz CT molecular complexity index is 522. The van der Waals surface area contributed by atoms with E-state index in [1.165, 1.54) is 0 Å². The predicted octanol–water partition coefficient (Wildman–Crippen LogP) is 1.85. The second-order valence-corrected chi connectivity index (χ2v) is 4.75. The van der Waals surface area contributed by atoms with Crippen LogP contribution in [0.4, 0.5) is 11.6 Å². The van der Waals surface area contributed by atoms with Crippen LogP contribution in [0.25, 0.3) is 0 Å². The molecule has 0 saturated carbocycles. The van der Waals surface area contributed by atoms with Crippen LogP contribution in [0, 0.1) is 0 Å². The third-order valence-corrected chi connectivity index (χ3v) is 3.38. The van der Waals surface area contributed by atoms with Gasteiger partial charge in [-0.15, -0.1) is 0 Å². The Labute approximate surface area is 116 Å². The van der Waals surface area contributed by atoms with Gasteiger partial charge < -0.3 is 9.80 Å². The van der Waals surface area contributed by atoms with E-state index in [1.807, 2.05) is 24.4 Å². The van der Waals surface area contributed by atoms with Crippen LogP contribution in [0.1, 0.15) is 0 Å². The van der Waals surface area contributed by atoms with Gasteiger partial charge >= 0.3 is 0 Å². The monoisotopic (exact) mass is 275 g/mol. The number of anilines is 2. The highest BCUT2D eigenvalue weighted by atomic mass is 35.5. The van der Waals surface area contributed by atoms with Crippen molar-refractivity contribution in [1.82, 2.24) is 15.0 Å². The molecule has 0 atom stereocenters. The number of piperazine rings is 1. The van der Waals surface area contributed by atoms with Gasteiger partial charge in [0, 0.05) is 32.4 Å². The number of hydrogen-bond acceptors (Lipinski definition) is 5. The second-order valence-electron chi connectivity index (χ2n) is 4.36. The molecule has 6 heteroatoms. The van der Waals surface area contributed by atoms with Gasteiger partial charge in [0.15, 0.2) is 0 Å². The molecule has 0 aromatic carbocycles. The number of nitrogens with zero attached hydrogens (tertiary/aromatic N) is 5. The molecule has 1 aliphatic rings. The fourth-order valence-corrected chi connectivity index (χ4v) is 2.27. The van der Waals surface area contributed by atoms with Gasteiger partial charge in [0.05, 0.1) is 12.4 Å². The minimum absolute atomic E-state index is 0.427. The minimum Gasteiger partial charge on any atom is -0.353 e. The number of rotatable bonds is 2. The van der Waals surface area contributed by atoms with Crippen LogP contribution < -0.4 is 9.80 Å². The lowest BCUT2D eigenvalue weighted by Crippen LogP contribution is -2.47. The highest BCUT2D eigenvalue weighted by Crippen LogP contribution is 2.17. The molecular formula is C13H14ClN5. The highest BCUT2D eigenvalue weighted by Gasteiger charge is 2.18. The van der Waals surface area contributed by atoms with E-state index in [9.17, 15) is 0 Å². The molecule has 1 fully saturated rings. The largest absolute Gasteiger partial charge is 0.353 e. The fourth-order valence-electron chi connectivity index (χ4n) is 2.17. The van der Waals surface area contributed by atoms with Crippen molar-refractivity contribution in [3.63, 3.8) is 0 Å². The Morgan fingerprint density at radius 3 is 2.16 bits per heavy atom. The Balaban J connectivity index is 1.65. The van der Waals surface area contributed by atoms with Gasteiger partial charge in [0.1, 0.15) is 16.8 Å². The van der Waals surface area contributed by atoms with Gasteiger partial charge in [-0.3, -0.25) is 0 Å². The molecule has 0 aliphatic carbocycles. The Hall–Kier alpha value is -1.88. The average Bonchev–Trinajstić information content (AvgIpc) is 2.49. The maximum absolute atomic E-state index is 5.75. The maximum atomic E-state index is 5.75. The molecule has 0 spiro atoms. The fraction of sp³-hybridized carbons (Fsp3) is 0.308. The molecule has 0 bridgehead atoms. The lowest BCUT2D eigenvalue weighted by molar-refractivity contribution is 0.640. The summed E-state index contributed by atoms with van der Waals surface area (Å²) in [5.41, 5.74) is 0. The zero-order valence-electron chi connectivity index (χ0n) is 10.4. The summed E-state index contributed by atoms with van der Waals surface area (Å²) in [4.78, 5) is 17.2. The molecule has 98 valence electrons. The van der Waals surface area contributed by atoms with Crippen molar-refractivity contribution < 1.29 is 0 Å². The summed E-state index contributed by atoms with van der Waals surface area (Å²) >= 11 is 5.75. The van der Waals surface area contributed by atoms with E-state index in [0.717, 1.165) is 37.8 Å². The molecule has 0 amide bonds. The average molecular weight is 276 g/mol. The number of hydrogen-bond donors (Lipinski definition) is 0. The van der Waals surface area contributed by atoms with E-state index in [-0.39, 0.29) is 0 Å². The van der Waals surface area contributed by atoms with Crippen molar-refractivity contribution >= 4 is 23.2 Å². The van der Waals surface area contributed by atoms with Crippen molar-refractivity contribution in [3.05, 3.63) is 41.9 Å². The summed E-state index contributed by atoms with van der Waals surface area (Å²) in [6.07, 6.45) is 5.13. The van der Waals surface area contributed by atoms with Gasteiger partial charge in [-0.05, 0) is 12.1 Å². The normalized spacial score (nSPS) is 15.6. The van der Waals surface area contributed by atoms with Gasteiger partial charge in [0.2, 0.25) is 0 Å². The van der Waals surface area contributed by atoms with Gasteiger partial charge in [-0.25, -0.2) is 15.0 Å². The van der Waals surface area contributed by atoms with Crippen molar-refractivity contribution in [2.75, 3.05) is 36.0 Å². The van der Waals surface area contributed by atoms with Crippen LogP contribution >= 0.6 is 11.6 Å². The van der Waals surface area contributed by atoms with Gasteiger partial charge in [-0.1, -0.05) is 17.7 Å². The van der Waals surface area contributed by atoms with Crippen molar-refractivity contribution in [1.29, 1.82) is 0 Å². The Morgan fingerprint density at radius 1 is 0.842 bits per heavy atom. The summed E-state index contributed by atoms with van der Waals surface area (Å²) in [6.45, 7) is 3.68. The lowest BCUT2D eigenvalue weighted by Gasteiger charge is -2.35. The van der Waals surface area contributed by atoms with E-state index < -0.39 is 0 Å². The molecule has 3 heterocycles. The Morgan fingerprint density at radius 2 is 1.58 bits per heavy atom. The summed E-state index contributed by atoms with van der Waals surface area (Å²) in [7, 11) is 0. The van der Waals surface area contributed by atoms with Crippen molar-refractivity contribution in [3.8, 4) is 0 Å². The standard InChI is InChI=1S/C13H14ClN5/c14-11-9-17-13(10-16-11)19-7-5-18(6-8-19)12-3-1-2-4-15-12/h1-4,9-10H,5-8H2. The second kappa shape index (κ2) is 5.40. The van der Waals surface area contributed by atoms with E-state index >= 15 is 0 Å². The van der Waals surface area contributed by atoms with Gasteiger partial charge in [0.25, 0.3) is 0 Å². The molecule has 0 unspecified atom stereocenters. The smallest absolute Gasteiger partial charge is 0.147 e. The SMILES string of the molecule is Clc1cnc(N2CCN(c3ccccn3)CC2)cn1. The molecule has 2 aromatic rings. The van der Waals surface area contributed by atoms with Crippen LogP contribution in [0.5, 0.6) is 0 Å². The van der Waals surface area contributed by atoms with Crippen LogP contribution in [0.15, 0.2) is 36.8 Å². The predicted molar refractivity (Wildman–Crippen MR) is 75.7 cm³/mol. The van der Waals surface area contributed by atoms with Crippen LogP contribution in [0.2, 0.25) is 5.15 Å². The summed E-state index contributed by atoms with van der Waals surface area (Å²) in [6, 6.07) is 5.99. The molecule has 0 N–H and O–H groups in total. The quantitative estimate of drug-likeness (QED) is 0.837. The first-order chi connectivity index (χ1) is 9.33. The van der Waals surface area contributed by atoms with E-state index in [0.29, 0.717) is 5.15 Å². The Kier molecular flexibility index (Phi) is 3.46. The minimum atomic E-state index is 0.427. The summed E-state index contributed by atoms with van der Waals surface area (Å²) in [5, 5.41) is 0.427. The molecule has 5 nitrogen and oxygen atoms in total. The molecule has 1 saturated heterocycles. The topological polar surface area (TPSA) is 45.2 Å². The number of pyridine rings is 1. The van der Waals surface area contributed by atoms with E-state index in [1.54, 1.807) is 12.4 Å². The summed E-state index contributed by atoms with van der Waals surface area (Å²) in [5.74, 6) is 1.91. The highest BCUT2D eigenvalue weighted by molar-refractivity contribution is 6.29. The van der Waals surface area contributed by atoms with Crippen LogP contribution in [0.3, 0.4) is 0 Å². The molecule has 2 aromatic heterocycles. The lowest BCUT2D eigenvalue weighted by atomic mass is 10.3. The third-order valence-electron chi connectivity index (χ3n) is 3.18. The van der Waals surface area contributed by atoms with Crippen molar-refractivity contribution in [2.24, 2.45) is 0 Å². The molecule has 1 aliphatic heterocycles. The molecule has 19 heavy (non-hydrogen) atoms. The molecular weight excluding hydrogens is 262 g/mol. The van der Waals surface area contributed by atoms with Gasteiger partial charge in [-0.2, -0.15) is 0 Å². The zero-order chi connectivity index (χ0) is 13.1. The third kappa shape index (κ3) is 2.76. The van der Waals surface area contributed by atoms with E-state index in [4.69, 9.17) is 11.6 Å². The zero-order valence-corrected chi connectivity index (χ0v) is 11.2. The van der Waals surface area contributed by atoms with Crippen LogP contribution in [-0.4, -0.2) is 41.1 Å². The number of aromatic nitrogens is 3.